The van der Waals surface area contributed by atoms with Crippen molar-refractivity contribution in [3.63, 3.8) is 0 Å². The van der Waals surface area contributed by atoms with E-state index in [1.807, 2.05) is 49.4 Å². The molecule has 3 rings (SSSR count). The number of carbonyl (C=O) groups is 2. The first kappa shape index (κ1) is 18.2. The van der Waals surface area contributed by atoms with E-state index in [9.17, 15) is 14.7 Å². The summed E-state index contributed by atoms with van der Waals surface area (Å²) < 4.78 is 5.74. The van der Waals surface area contributed by atoms with E-state index in [-0.39, 0.29) is 19.1 Å². The molecular weight excluding hydrogens is 332 g/mol. The topological polar surface area (TPSA) is 78.9 Å². The SMILES string of the molecule is CCCC1(C)NC(=O)N(CC(O)COc2cccc3ccccc23)C1=O. The molecule has 1 saturated heterocycles. The van der Waals surface area contributed by atoms with Crippen molar-refractivity contribution in [3.8, 4) is 5.75 Å². The van der Waals surface area contributed by atoms with Crippen LogP contribution in [0.3, 0.4) is 0 Å². The minimum Gasteiger partial charge on any atom is -0.490 e. The number of aliphatic hydroxyl groups excluding tert-OH is 1. The number of nitrogens with one attached hydrogen (secondary N) is 1. The molecule has 6 heteroatoms. The first-order valence-corrected chi connectivity index (χ1v) is 8.87. The van der Waals surface area contributed by atoms with E-state index >= 15 is 0 Å². The second kappa shape index (κ2) is 7.33. The lowest BCUT2D eigenvalue weighted by molar-refractivity contribution is -0.132. The van der Waals surface area contributed by atoms with Crippen molar-refractivity contribution in [2.24, 2.45) is 0 Å². The number of imide groups is 1. The first-order valence-electron chi connectivity index (χ1n) is 8.87. The lowest BCUT2D eigenvalue weighted by Gasteiger charge is -2.22. The highest BCUT2D eigenvalue weighted by molar-refractivity contribution is 6.06. The van der Waals surface area contributed by atoms with Crippen LogP contribution in [0.1, 0.15) is 26.7 Å². The third kappa shape index (κ3) is 3.51. The second-order valence-electron chi connectivity index (χ2n) is 6.87. The zero-order valence-electron chi connectivity index (χ0n) is 15.1. The van der Waals surface area contributed by atoms with Gasteiger partial charge in [-0.25, -0.2) is 4.79 Å². The van der Waals surface area contributed by atoms with Crippen LogP contribution in [0, 0.1) is 0 Å². The largest absolute Gasteiger partial charge is 0.490 e. The van der Waals surface area contributed by atoms with Crippen molar-refractivity contribution in [3.05, 3.63) is 42.5 Å². The molecule has 0 aliphatic carbocycles. The van der Waals surface area contributed by atoms with Crippen LogP contribution in [0.5, 0.6) is 5.75 Å². The van der Waals surface area contributed by atoms with Gasteiger partial charge in [-0.3, -0.25) is 9.69 Å². The fourth-order valence-corrected chi connectivity index (χ4v) is 3.35. The molecule has 26 heavy (non-hydrogen) atoms. The van der Waals surface area contributed by atoms with Crippen LogP contribution in [-0.2, 0) is 4.79 Å². The van der Waals surface area contributed by atoms with Crippen LogP contribution >= 0.6 is 0 Å². The van der Waals surface area contributed by atoms with E-state index in [0.717, 1.165) is 22.1 Å². The molecule has 0 radical (unpaired) electrons. The van der Waals surface area contributed by atoms with Gasteiger partial charge in [-0.1, -0.05) is 49.7 Å². The number of carbonyl (C=O) groups excluding carboxylic acids is 2. The average molecular weight is 356 g/mol. The molecule has 138 valence electrons. The molecule has 3 amide bonds. The Morgan fingerprint density at radius 3 is 2.69 bits per heavy atom. The fourth-order valence-electron chi connectivity index (χ4n) is 3.35. The number of aliphatic hydroxyl groups is 1. The molecule has 2 unspecified atom stereocenters. The van der Waals surface area contributed by atoms with Crippen LogP contribution in [-0.4, -0.2) is 46.7 Å². The van der Waals surface area contributed by atoms with Gasteiger partial charge in [0, 0.05) is 5.39 Å². The summed E-state index contributed by atoms with van der Waals surface area (Å²) in [7, 11) is 0. The molecule has 0 spiro atoms. The summed E-state index contributed by atoms with van der Waals surface area (Å²) in [5.74, 6) is 0.365. The number of benzene rings is 2. The number of hydrogen-bond acceptors (Lipinski definition) is 4. The predicted molar refractivity (Wildman–Crippen MR) is 99.0 cm³/mol. The van der Waals surface area contributed by atoms with Gasteiger partial charge in [0.2, 0.25) is 0 Å². The minimum atomic E-state index is -0.965. The number of urea groups is 1. The number of fused-ring (bicyclic) bond motifs is 1. The lowest BCUT2D eigenvalue weighted by Crippen LogP contribution is -2.44. The van der Waals surface area contributed by atoms with Gasteiger partial charge >= 0.3 is 6.03 Å². The summed E-state index contributed by atoms with van der Waals surface area (Å²) in [6.45, 7) is 3.58. The van der Waals surface area contributed by atoms with Crippen molar-refractivity contribution in [1.82, 2.24) is 10.2 Å². The van der Waals surface area contributed by atoms with E-state index in [1.165, 1.54) is 0 Å². The molecule has 0 aromatic heterocycles. The normalized spacial score (nSPS) is 21.1. The molecule has 1 heterocycles. The van der Waals surface area contributed by atoms with Crippen molar-refractivity contribution < 1.29 is 19.4 Å². The molecule has 2 atom stereocenters. The number of rotatable bonds is 7. The van der Waals surface area contributed by atoms with Crippen LogP contribution < -0.4 is 10.1 Å². The Morgan fingerprint density at radius 1 is 1.19 bits per heavy atom. The second-order valence-corrected chi connectivity index (χ2v) is 6.87. The number of amides is 3. The summed E-state index contributed by atoms with van der Waals surface area (Å²) in [6.07, 6.45) is 0.382. The summed E-state index contributed by atoms with van der Waals surface area (Å²) >= 11 is 0. The molecule has 2 N–H and O–H groups in total. The number of hydrogen-bond donors (Lipinski definition) is 2. The summed E-state index contributed by atoms with van der Waals surface area (Å²) in [5.41, 5.74) is -0.887. The Kier molecular flexibility index (Phi) is 5.13. The van der Waals surface area contributed by atoms with Crippen LogP contribution in [0.15, 0.2) is 42.5 Å². The Balaban J connectivity index is 1.63. The lowest BCUT2D eigenvalue weighted by atomic mass is 9.96. The van der Waals surface area contributed by atoms with E-state index in [1.54, 1.807) is 6.92 Å². The Bertz CT molecular complexity index is 817. The van der Waals surface area contributed by atoms with Gasteiger partial charge in [0.05, 0.1) is 6.54 Å². The Hall–Kier alpha value is -2.60. The van der Waals surface area contributed by atoms with Crippen molar-refractivity contribution in [2.45, 2.75) is 38.3 Å². The summed E-state index contributed by atoms with van der Waals surface area (Å²) in [6, 6.07) is 13.1. The molecule has 2 aromatic carbocycles. The van der Waals surface area contributed by atoms with Gasteiger partial charge in [0.15, 0.2) is 0 Å². The minimum absolute atomic E-state index is 0.00441. The van der Waals surface area contributed by atoms with Crippen LogP contribution in [0.4, 0.5) is 4.79 Å². The maximum atomic E-state index is 12.5. The molecule has 1 aliphatic rings. The highest BCUT2D eigenvalue weighted by Gasteiger charge is 2.47. The molecule has 2 aromatic rings. The highest BCUT2D eigenvalue weighted by Crippen LogP contribution is 2.26. The van der Waals surface area contributed by atoms with Crippen molar-refractivity contribution in [1.29, 1.82) is 0 Å². The smallest absolute Gasteiger partial charge is 0.325 e. The zero-order chi connectivity index (χ0) is 18.7. The van der Waals surface area contributed by atoms with E-state index in [4.69, 9.17) is 4.74 Å². The summed E-state index contributed by atoms with van der Waals surface area (Å²) in [5, 5.41) is 15.0. The first-order chi connectivity index (χ1) is 12.4. The van der Waals surface area contributed by atoms with Gasteiger partial charge in [-0.2, -0.15) is 0 Å². The van der Waals surface area contributed by atoms with Crippen LogP contribution in [0.2, 0.25) is 0 Å². The third-order valence-electron chi connectivity index (χ3n) is 4.67. The quantitative estimate of drug-likeness (QED) is 0.748. The maximum Gasteiger partial charge on any atom is 0.325 e. The molecule has 0 saturated carbocycles. The van der Waals surface area contributed by atoms with Crippen molar-refractivity contribution in [2.75, 3.05) is 13.2 Å². The van der Waals surface area contributed by atoms with Gasteiger partial charge in [0.1, 0.15) is 24.0 Å². The van der Waals surface area contributed by atoms with E-state index in [0.29, 0.717) is 12.2 Å². The van der Waals surface area contributed by atoms with Crippen LogP contribution in [0.25, 0.3) is 10.8 Å². The van der Waals surface area contributed by atoms with E-state index < -0.39 is 17.7 Å². The van der Waals surface area contributed by atoms with Gasteiger partial charge in [-0.05, 0) is 24.8 Å². The number of β-amino-alcohol motifs (C(OH)–C–C–N with tert-alkyl or cyclic N) is 1. The molecule has 1 aliphatic heterocycles. The van der Waals surface area contributed by atoms with Gasteiger partial charge in [0.25, 0.3) is 5.91 Å². The zero-order valence-corrected chi connectivity index (χ0v) is 15.1. The van der Waals surface area contributed by atoms with Gasteiger partial charge in [-0.15, -0.1) is 0 Å². The Labute approximate surface area is 152 Å². The van der Waals surface area contributed by atoms with E-state index in [2.05, 4.69) is 5.32 Å². The fraction of sp³-hybridized carbons (Fsp3) is 0.400. The van der Waals surface area contributed by atoms with Gasteiger partial charge < -0.3 is 15.2 Å². The Morgan fingerprint density at radius 2 is 1.92 bits per heavy atom. The third-order valence-corrected chi connectivity index (χ3v) is 4.67. The highest BCUT2D eigenvalue weighted by atomic mass is 16.5. The number of ether oxygens (including phenoxy) is 1. The maximum absolute atomic E-state index is 12.5. The van der Waals surface area contributed by atoms with Crippen molar-refractivity contribution >= 4 is 22.7 Å². The molecular formula is C20H24N2O4. The molecule has 6 nitrogen and oxygen atoms in total. The molecule has 0 bridgehead atoms. The average Bonchev–Trinajstić information content (AvgIpc) is 2.83. The number of nitrogens with zero attached hydrogens (tertiary/aromatic N) is 1. The standard InChI is InChI=1S/C20H24N2O4/c1-3-11-20(2)18(24)22(19(25)21-20)12-15(23)13-26-17-10-6-8-14-7-4-5-9-16(14)17/h4-10,15,23H,3,11-13H2,1-2H3,(H,21,25). The predicted octanol–water partition coefficient (Wildman–Crippen LogP) is 2.69. The summed E-state index contributed by atoms with van der Waals surface area (Å²) in [4.78, 5) is 25.7. The monoisotopic (exact) mass is 356 g/mol. The molecule has 1 fully saturated rings.